The van der Waals surface area contributed by atoms with E-state index in [0.29, 0.717) is 0 Å². The van der Waals surface area contributed by atoms with Crippen molar-refractivity contribution >= 4 is 28.9 Å². The molecule has 2 atom stereocenters. The number of anilines is 2. The van der Waals surface area contributed by atoms with Gasteiger partial charge in [0.1, 0.15) is 0 Å². The van der Waals surface area contributed by atoms with Crippen LogP contribution in [-0.2, 0) is 14.3 Å². The van der Waals surface area contributed by atoms with Crippen molar-refractivity contribution in [1.29, 1.82) is 0 Å². The molecule has 0 radical (unpaired) electrons. The van der Waals surface area contributed by atoms with E-state index in [1.165, 1.54) is 0 Å². The van der Waals surface area contributed by atoms with Crippen molar-refractivity contribution in [3.05, 3.63) is 6.33 Å². The molecule has 0 amide bonds. The zero-order chi connectivity index (χ0) is 30.7. The topological polar surface area (TPSA) is 138 Å². The van der Waals surface area contributed by atoms with E-state index >= 15 is 0 Å². The number of piperidine rings is 2. The quantitative estimate of drug-likeness (QED) is 0.412. The molecular weight excluding hydrogens is 559 g/mol. The van der Waals surface area contributed by atoms with Crippen molar-refractivity contribution in [1.82, 2.24) is 24.4 Å². The van der Waals surface area contributed by atoms with Crippen LogP contribution in [0.2, 0.25) is 0 Å². The number of methoxy groups -OCH3 is 2. The summed E-state index contributed by atoms with van der Waals surface area (Å²) in [7, 11) is 3.64. The number of halogens is 3. The lowest BCUT2D eigenvalue weighted by molar-refractivity contribution is -0.202. The minimum atomic E-state index is -5.08. The average Bonchev–Trinajstić information content (AvgIpc) is 3.38. The summed E-state index contributed by atoms with van der Waals surface area (Å²) in [6, 6.07) is 0.264. The van der Waals surface area contributed by atoms with Crippen LogP contribution in [0.5, 0.6) is 0 Å². The highest BCUT2D eigenvalue weighted by molar-refractivity contribution is 5.84. The number of rotatable bonds is 8. The Balaban J connectivity index is 0.000000517. The molecule has 12 nitrogen and oxygen atoms in total. The maximum Gasteiger partial charge on any atom is 0.490 e. The SMILES string of the molecule is CO[C@H]1C[C@@H](OC)C12CCN(c1nc(NCCN3CCC(O)CC3)c3ncn(C(C)C)c3n1)CC2.O=C(O)C(F)(F)F. The number of hydrogen-bond acceptors (Lipinski definition) is 10. The largest absolute Gasteiger partial charge is 0.490 e. The van der Waals surface area contributed by atoms with E-state index in [2.05, 4.69) is 38.5 Å². The number of ether oxygens (including phenoxy) is 2. The molecule has 2 aromatic heterocycles. The van der Waals surface area contributed by atoms with Crippen molar-refractivity contribution in [3.63, 3.8) is 0 Å². The smallest absolute Gasteiger partial charge is 0.475 e. The molecule has 4 heterocycles. The number of carboxylic acids is 1. The molecule has 0 unspecified atom stereocenters. The molecule has 2 aliphatic heterocycles. The lowest BCUT2D eigenvalue weighted by Gasteiger charge is -2.57. The van der Waals surface area contributed by atoms with Gasteiger partial charge in [-0.2, -0.15) is 23.1 Å². The zero-order valence-electron chi connectivity index (χ0n) is 24.6. The average molecular weight is 602 g/mol. The van der Waals surface area contributed by atoms with E-state index in [-0.39, 0.29) is 29.8 Å². The highest BCUT2D eigenvalue weighted by atomic mass is 19.4. The molecule has 15 heteroatoms. The summed E-state index contributed by atoms with van der Waals surface area (Å²) < 4.78 is 45.4. The number of nitrogens with zero attached hydrogens (tertiary/aromatic N) is 6. The van der Waals surface area contributed by atoms with E-state index < -0.39 is 12.1 Å². The van der Waals surface area contributed by atoms with Crippen LogP contribution in [0, 0.1) is 5.41 Å². The van der Waals surface area contributed by atoms with Gasteiger partial charge < -0.3 is 39.4 Å². The van der Waals surface area contributed by atoms with E-state index in [1.54, 1.807) is 0 Å². The molecule has 42 heavy (non-hydrogen) atoms. The molecule has 2 saturated heterocycles. The number of carboxylic acid groups (broad SMARTS) is 1. The second-order valence-electron chi connectivity index (χ2n) is 11.5. The van der Waals surface area contributed by atoms with Gasteiger partial charge in [-0.25, -0.2) is 9.78 Å². The van der Waals surface area contributed by atoms with Crippen molar-refractivity contribution in [2.75, 3.05) is 63.7 Å². The molecule has 2 aromatic rings. The van der Waals surface area contributed by atoms with Crippen LogP contribution < -0.4 is 10.2 Å². The van der Waals surface area contributed by atoms with E-state index in [4.69, 9.17) is 29.3 Å². The number of fused-ring (bicyclic) bond motifs is 1. The number of aliphatic hydroxyl groups excluding tert-OH is 1. The lowest BCUT2D eigenvalue weighted by atomic mass is 9.58. The van der Waals surface area contributed by atoms with Crippen molar-refractivity contribution in [2.45, 2.75) is 76.5 Å². The van der Waals surface area contributed by atoms with Crippen molar-refractivity contribution in [2.24, 2.45) is 5.41 Å². The predicted octanol–water partition coefficient (Wildman–Crippen LogP) is 2.93. The molecule has 3 aliphatic rings. The number of aliphatic carboxylic acids is 1. The zero-order valence-corrected chi connectivity index (χ0v) is 24.6. The Morgan fingerprint density at radius 1 is 1.12 bits per heavy atom. The fraction of sp³-hybridized carbons (Fsp3) is 0.778. The van der Waals surface area contributed by atoms with Crippen LogP contribution in [-0.4, -0.2) is 119 Å². The summed E-state index contributed by atoms with van der Waals surface area (Å²) in [5.41, 5.74) is 1.80. The molecular formula is C27H42F3N7O5. The molecule has 236 valence electrons. The molecule has 0 aromatic carbocycles. The summed E-state index contributed by atoms with van der Waals surface area (Å²) in [6.45, 7) is 9.65. The number of aromatic nitrogens is 4. The number of aliphatic hydroxyl groups is 1. The monoisotopic (exact) mass is 601 g/mol. The van der Waals surface area contributed by atoms with Gasteiger partial charge in [0.15, 0.2) is 17.0 Å². The van der Waals surface area contributed by atoms with E-state index in [1.807, 2.05) is 20.5 Å². The Bertz CT molecular complexity index is 1180. The molecule has 5 rings (SSSR count). The summed E-state index contributed by atoms with van der Waals surface area (Å²) in [5, 5.41) is 20.4. The molecule has 0 bridgehead atoms. The Hall–Kier alpha value is -2.75. The standard InChI is InChI=1S/C25H41N7O3.C2HF3O2/c1-17(2)32-16-27-21-22(26-9-14-30-10-5-18(33)6-11-30)28-24(29-23(21)32)31-12-7-25(8-13-31)19(34-3)15-20(25)35-4;3-2(4,5)1(6)7/h16-20,33H,5-15H2,1-4H3,(H,26,28,29);(H,6,7)/t19-,20+;. The minimum Gasteiger partial charge on any atom is -0.475 e. The fourth-order valence-corrected chi connectivity index (χ4v) is 6.16. The van der Waals surface area contributed by atoms with Crippen LogP contribution in [0.25, 0.3) is 11.2 Å². The Labute approximate surface area is 243 Å². The summed E-state index contributed by atoms with van der Waals surface area (Å²) in [5.74, 6) is -1.19. The third-order valence-corrected chi connectivity index (χ3v) is 8.74. The maximum absolute atomic E-state index is 10.6. The Morgan fingerprint density at radius 3 is 2.24 bits per heavy atom. The number of likely N-dealkylation sites (tertiary alicyclic amines) is 1. The molecule has 1 saturated carbocycles. The van der Waals surface area contributed by atoms with Gasteiger partial charge >= 0.3 is 12.1 Å². The first-order chi connectivity index (χ1) is 19.9. The lowest BCUT2D eigenvalue weighted by Crippen LogP contribution is -2.62. The molecule has 1 aliphatic carbocycles. The van der Waals surface area contributed by atoms with Crippen molar-refractivity contribution in [3.8, 4) is 0 Å². The van der Waals surface area contributed by atoms with Gasteiger partial charge in [-0.15, -0.1) is 0 Å². The van der Waals surface area contributed by atoms with Gasteiger partial charge in [-0.3, -0.25) is 0 Å². The first-order valence-electron chi connectivity index (χ1n) is 14.4. The highest BCUT2D eigenvalue weighted by Crippen LogP contribution is 2.52. The summed E-state index contributed by atoms with van der Waals surface area (Å²) in [4.78, 5) is 28.2. The third-order valence-electron chi connectivity index (χ3n) is 8.74. The van der Waals surface area contributed by atoms with E-state index in [9.17, 15) is 18.3 Å². The van der Waals surface area contributed by atoms with Crippen molar-refractivity contribution < 1.29 is 37.7 Å². The fourth-order valence-electron chi connectivity index (χ4n) is 6.16. The maximum atomic E-state index is 10.6. The number of imidazole rings is 1. The molecule has 3 N–H and O–H groups in total. The van der Waals surface area contributed by atoms with Crippen LogP contribution >= 0.6 is 0 Å². The van der Waals surface area contributed by atoms with Gasteiger partial charge in [0.2, 0.25) is 5.95 Å². The van der Waals surface area contributed by atoms with Gasteiger partial charge in [0.05, 0.1) is 24.6 Å². The van der Waals surface area contributed by atoms with Crippen LogP contribution in [0.15, 0.2) is 6.33 Å². The van der Waals surface area contributed by atoms with Gasteiger partial charge in [-0.1, -0.05) is 0 Å². The highest BCUT2D eigenvalue weighted by Gasteiger charge is 2.57. The van der Waals surface area contributed by atoms with Gasteiger partial charge in [0.25, 0.3) is 0 Å². The van der Waals surface area contributed by atoms with Crippen LogP contribution in [0.3, 0.4) is 0 Å². The van der Waals surface area contributed by atoms with E-state index in [0.717, 1.165) is 94.3 Å². The normalized spacial score (nSPS) is 23.1. The Kier molecular flexibility index (Phi) is 10.2. The summed E-state index contributed by atoms with van der Waals surface area (Å²) >= 11 is 0. The van der Waals surface area contributed by atoms with Gasteiger partial charge in [-0.05, 0) is 39.5 Å². The van der Waals surface area contributed by atoms with Gasteiger partial charge in [0, 0.05) is 71.4 Å². The number of nitrogens with one attached hydrogen (secondary N) is 1. The van der Waals surface area contributed by atoms with Crippen LogP contribution in [0.4, 0.5) is 24.9 Å². The molecule has 3 fully saturated rings. The first-order valence-corrected chi connectivity index (χ1v) is 14.4. The molecule has 1 spiro atoms. The number of alkyl halides is 3. The number of hydrogen-bond donors (Lipinski definition) is 3. The first kappa shape index (κ1) is 32.2. The third kappa shape index (κ3) is 6.90. The van der Waals surface area contributed by atoms with Crippen LogP contribution in [0.1, 0.15) is 52.0 Å². The minimum absolute atomic E-state index is 0.104. The second kappa shape index (κ2) is 13.3. The Morgan fingerprint density at radius 2 is 1.71 bits per heavy atom. The summed E-state index contributed by atoms with van der Waals surface area (Å²) in [6.07, 6.45) is 1.89. The second-order valence-corrected chi connectivity index (χ2v) is 11.5. The number of carbonyl (C=O) groups is 1. The predicted molar refractivity (Wildman–Crippen MR) is 150 cm³/mol.